The standard InChI is InChI=1S/C22H21F4N3O3S/c1-6-12-7-13-8-16(14(23)9-15(13)27-11-12)31-19(33-5)21(4,30)29-20(2,3)17-10-18(32-28-17)22(24,25)26/h1,7-11,19,29-30H,2-5H3. The van der Waals surface area contributed by atoms with Crippen LogP contribution in [-0.4, -0.2) is 32.7 Å². The quantitative estimate of drug-likeness (QED) is 0.287. The van der Waals surface area contributed by atoms with Crippen LogP contribution in [0.15, 0.2) is 35.0 Å². The van der Waals surface area contributed by atoms with E-state index in [-0.39, 0.29) is 11.4 Å². The number of thioether (sulfide) groups is 1. The molecule has 6 nitrogen and oxygen atoms in total. The Kier molecular flexibility index (Phi) is 6.66. The van der Waals surface area contributed by atoms with E-state index in [4.69, 9.17) is 11.2 Å². The molecule has 0 aliphatic carbocycles. The van der Waals surface area contributed by atoms with E-state index < -0.39 is 34.5 Å². The molecule has 33 heavy (non-hydrogen) atoms. The molecule has 0 fully saturated rings. The minimum Gasteiger partial charge on any atom is -0.472 e. The number of aromatic nitrogens is 2. The van der Waals surface area contributed by atoms with Crippen LogP contribution in [0.25, 0.3) is 10.9 Å². The average Bonchev–Trinajstić information content (AvgIpc) is 3.23. The Balaban J connectivity index is 1.86. The second-order valence-corrected chi connectivity index (χ2v) is 8.90. The van der Waals surface area contributed by atoms with Crippen LogP contribution in [0.1, 0.15) is 37.8 Å². The van der Waals surface area contributed by atoms with Crippen molar-refractivity contribution >= 4 is 22.7 Å². The smallest absolute Gasteiger partial charge is 0.452 e. The summed E-state index contributed by atoms with van der Waals surface area (Å²) >= 11 is 1.07. The van der Waals surface area contributed by atoms with Gasteiger partial charge in [0.15, 0.2) is 22.7 Å². The second kappa shape index (κ2) is 8.85. The highest BCUT2D eigenvalue weighted by molar-refractivity contribution is 7.99. The number of pyridine rings is 1. The van der Waals surface area contributed by atoms with Crippen LogP contribution in [0.2, 0.25) is 0 Å². The van der Waals surface area contributed by atoms with Crippen molar-refractivity contribution in [3.8, 4) is 18.1 Å². The van der Waals surface area contributed by atoms with Crippen molar-refractivity contribution in [1.82, 2.24) is 15.5 Å². The summed E-state index contributed by atoms with van der Waals surface area (Å²) in [6.07, 6.45) is 3.76. The fourth-order valence-corrected chi connectivity index (χ4v) is 3.98. The molecule has 2 atom stereocenters. The Labute approximate surface area is 191 Å². The number of alkyl halides is 3. The molecule has 0 aliphatic heterocycles. The molecular weight excluding hydrogens is 462 g/mol. The molecule has 0 aliphatic rings. The largest absolute Gasteiger partial charge is 0.472 e. The zero-order valence-electron chi connectivity index (χ0n) is 18.1. The van der Waals surface area contributed by atoms with E-state index in [1.807, 2.05) is 0 Å². The SMILES string of the molecule is C#Cc1cnc2cc(F)c(OC(SC)C(C)(O)NC(C)(C)c3cc(C(F)(F)F)on3)cc2c1. The van der Waals surface area contributed by atoms with E-state index in [9.17, 15) is 22.7 Å². The van der Waals surface area contributed by atoms with Crippen molar-refractivity contribution in [3.63, 3.8) is 0 Å². The normalized spacial score (nSPS) is 15.2. The zero-order chi connectivity index (χ0) is 24.6. The molecule has 0 spiro atoms. The topological polar surface area (TPSA) is 80.4 Å². The van der Waals surface area contributed by atoms with Crippen LogP contribution >= 0.6 is 11.8 Å². The predicted octanol–water partition coefficient (Wildman–Crippen LogP) is 4.66. The number of terminal acetylenes is 1. The van der Waals surface area contributed by atoms with Crippen LogP contribution in [0.3, 0.4) is 0 Å². The number of aliphatic hydroxyl groups is 1. The van der Waals surface area contributed by atoms with Gasteiger partial charge in [0.25, 0.3) is 0 Å². The first-order valence-electron chi connectivity index (χ1n) is 9.58. The molecule has 176 valence electrons. The highest BCUT2D eigenvalue weighted by Gasteiger charge is 2.42. The Morgan fingerprint density at radius 3 is 2.48 bits per heavy atom. The highest BCUT2D eigenvalue weighted by Crippen LogP contribution is 2.34. The van der Waals surface area contributed by atoms with Gasteiger partial charge < -0.3 is 14.4 Å². The third-order valence-corrected chi connectivity index (χ3v) is 5.79. The maximum absolute atomic E-state index is 14.7. The molecule has 2 unspecified atom stereocenters. The summed E-state index contributed by atoms with van der Waals surface area (Å²) in [5.41, 5.74) is -3.37. The molecule has 3 aromatic rings. The summed E-state index contributed by atoms with van der Waals surface area (Å²) in [4.78, 5) is 4.10. The molecule has 2 heterocycles. The fraction of sp³-hybridized carbons (Fsp3) is 0.364. The lowest BCUT2D eigenvalue weighted by Crippen LogP contribution is -2.59. The molecule has 1 aromatic carbocycles. The Morgan fingerprint density at radius 1 is 1.21 bits per heavy atom. The van der Waals surface area contributed by atoms with Crippen molar-refractivity contribution in [2.75, 3.05) is 6.26 Å². The average molecular weight is 483 g/mol. The lowest BCUT2D eigenvalue weighted by atomic mass is 9.98. The lowest BCUT2D eigenvalue weighted by Gasteiger charge is -2.39. The lowest BCUT2D eigenvalue weighted by molar-refractivity contribution is -0.155. The van der Waals surface area contributed by atoms with Gasteiger partial charge in [-0.25, -0.2) is 4.39 Å². The van der Waals surface area contributed by atoms with E-state index in [1.165, 1.54) is 39.1 Å². The minimum absolute atomic E-state index is 0.0836. The number of hydrogen-bond acceptors (Lipinski definition) is 7. The maximum Gasteiger partial charge on any atom is 0.452 e. The van der Waals surface area contributed by atoms with E-state index >= 15 is 0 Å². The van der Waals surface area contributed by atoms with Gasteiger partial charge in [0.05, 0.1) is 11.1 Å². The van der Waals surface area contributed by atoms with Gasteiger partial charge in [-0.3, -0.25) is 10.3 Å². The van der Waals surface area contributed by atoms with Gasteiger partial charge in [0, 0.05) is 29.3 Å². The van der Waals surface area contributed by atoms with Crippen molar-refractivity contribution in [2.24, 2.45) is 0 Å². The number of nitrogens with one attached hydrogen (secondary N) is 1. The molecule has 0 saturated heterocycles. The van der Waals surface area contributed by atoms with Crippen molar-refractivity contribution < 1.29 is 31.9 Å². The third-order valence-electron chi connectivity index (χ3n) is 4.80. The van der Waals surface area contributed by atoms with Gasteiger partial charge >= 0.3 is 6.18 Å². The Morgan fingerprint density at radius 2 is 1.91 bits per heavy atom. The van der Waals surface area contributed by atoms with Gasteiger partial charge in [-0.05, 0) is 39.2 Å². The van der Waals surface area contributed by atoms with Crippen LogP contribution in [0, 0.1) is 18.2 Å². The van der Waals surface area contributed by atoms with Gasteiger partial charge in [0.1, 0.15) is 5.69 Å². The number of rotatable bonds is 7. The van der Waals surface area contributed by atoms with Crippen LogP contribution in [0.5, 0.6) is 5.75 Å². The van der Waals surface area contributed by atoms with Crippen molar-refractivity contribution in [2.45, 2.75) is 43.6 Å². The van der Waals surface area contributed by atoms with E-state index in [2.05, 4.69) is 25.9 Å². The summed E-state index contributed by atoms with van der Waals surface area (Å²) in [7, 11) is 0. The summed E-state index contributed by atoms with van der Waals surface area (Å²) in [6.45, 7) is 4.39. The maximum atomic E-state index is 14.7. The van der Waals surface area contributed by atoms with Crippen molar-refractivity contribution in [1.29, 1.82) is 0 Å². The first-order valence-corrected chi connectivity index (χ1v) is 10.9. The molecular formula is C22H21F4N3O3S. The molecule has 3 rings (SSSR count). The summed E-state index contributed by atoms with van der Waals surface area (Å²) in [5.74, 6) is 0.326. The number of ether oxygens (including phenoxy) is 1. The number of nitrogens with zero attached hydrogens (tertiary/aromatic N) is 2. The monoisotopic (exact) mass is 483 g/mol. The summed E-state index contributed by atoms with van der Waals surface area (Å²) in [5, 5.41) is 17.9. The van der Waals surface area contributed by atoms with Crippen LogP contribution < -0.4 is 10.1 Å². The van der Waals surface area contributed by atoms with E-state index in [0.29, 0.717) is 16.5 Å². The molecule has 2 aromatic heterocycles. The molecule has 0 saturated carbocycles. The van der Waals surface area contributed by atoms with Crippen molar-refractivity contribution in [3.05, 3.63) is 53.3 Å². The molecule has 0 bridgehead atoms. The number of benzene rings is 1. The van der Waals surface area contributed by atoms with Crippen LogP contribution in [0.4, 0.5) is 17.6 Å². The Bertz CT molecular complexity index is 1200. The molecule has 2 N–H and O–H groups in total. The Hall–Kier alpha value is -2.81. The van der Waals surface area contributed by atoms with Gasteiger partial charge in [-0.1, -0.05) is 11.1 Å². The minimum atomic E-state index is -4.70. The zero-order valence-corrected chi connectivity index (χ0v) is 18.9. The number of fused-ring (bicyclic) bond motifs is 1. The molecule has 0 radical (unpaired) electrons. The first-order chi connectivity index (χ1) is 15.3. The highest BCUT2D eigenvalue weighted by atomic mass is 32.2. The van der Waals surface area contributed by atoms with E-state index in [1.54, 1.807) is 12.3 Å². The predicted molar refractivity (Wildman–Crippen MR) is 116 cm³/mol. The third kappa shape index (κ3) is 5.40. The number of halogens is 4. The van der Waals surface area contributed by atoms with Gasteiger partial charge in [-0.2, -0.15) is 13.2 Å². The second-order valence-electron chi connectivity index (χ2n) is 8.00. The molecule has 11 heteroatoms. The summed E-state index contributed by atoms with van der Waals surface area (Å²) in [6, 6.07) is 4.99. The molecule has 0 amide bonds. The van der Waals surface area contributed by atoms with Gasteiger partial charge in [-0.15, -0.1) is 18.2 Å². The summed E-state index contributed by atoms with van der Waals surface area (Å²) < 4.78 is 63.4. The van der Waals surface area contributed by atoms with E-state index in [0.717, 1.165) is 17.8 Å². The van der Waals surface area contributed by atoms with Crippen LogP contribution in [-0.2, 0) is 11.7 Å². The number of hydrogen-bond donors (Lipinski definition) is 2. The van der Waals surface area contributed by atoms with Gasteiger partial charge in [0.2, 0.25) is 5.76 Å². The fourth-order valence-electron chi connectivity index (χ4n) is 3.27. The first kappa shape index (κ1) is 24.8.